The van der Waals surface area contributed by atoms with Gasteiger partial charge in [-0.05, 0) is 31.2 Å². The summed E-state index contributed by atoms with van der Waals surface area (Å²) in [7, 11) is 0. The molecule has 0 spiro atoms. The topological polar surface area (TPSA) is 76.2 Å². The number of thioether (sulfide) groups is 1. The van der Waals surface area contributed by atoms with Gasteiger partial charge in [-0.25, -0.2) is 4.79 Å². The minimum atomic E-state index is -0.981. The maximum atomic E-state index is 11.5. The van der Waals surface area contributed by atoms with Crippen molar-refractivity contribution in [3.05, 3.63) is 34.7 Å². The molecular formula is C14H16N2O3S. The van der Waals surface area contributed by atoms with Crippen molar-refractivity contribution < 1.29 is 14.3 Å². The zero-order valence-corrected chi connectivity index (χ0v) is 12.5. The molecule has 1 aromatic carbocycles. The summed E-state index contributed by atoms with van der Waals surface area (Å²) < 4.78 is 5.60. The van der Waals surface area contributed by atoms with Crippen LogP contribution in [0.15, 0.2) is 16.5 Å². The van der Waals surface area contributed by atoms with E-state index < -0.39 is 5.97 Å². The quantitative estimate of drug-likeness (QED) is 0.913. The molecule has 5 nitrogen and oxygen atoms in total. The van der Waals surface area contributed by atoms with E-state index in [1.54, 1.807) is 24.8 Å². The Labute approximate surface area is 121 Å². The lowest BCUT2D eigenvalue weighted by Gasteiger charge is -2.08. The molecule has 1 N–H and O–H groups in total. The first kappa shape index (κ1) is 14.6. The molecule has 0 saturated carbocycles. The Morgan fingerprint density at radius 2 is 2.00 bits per heavy atom. The molecule has 0 fully saturated rings. The minimum absolute atomic E-state index is 0.227. The number of carbonyl (C=O) groups is 1. The second-order valence-electron chi connectivity index (χ2n) is 4.50. The van der Waals surface area contributed by atoms with Crippen LogP contribution in [0.4, 0.5) is 0 Å². The molecule has 0 saturated heterocycles. The van der Waals surface area contributed by atoms with E-state index in [2.05, 4.69) is 10.2 Å². The first-order valence-corrected chi connectivity index (χ1v) is 7.59. The molecule has 20 heavy (non-hydrogen) atoms. The lowest BCUT2D eigenvalue weighted by molar-refractivity contribution is 0.0696. The number of carboxylic acid groups (broad SMARTS) is 1. The normalized spacial score (nSPS) is 10.8. The molecule has 1 aromatic heterocycles. The van der Waals surface area contributed by atoms with Crippen LogP contribution in [0.2, 0.25) is 0 Å². The van der Waals surface area contributed by atoms with Gasteiger partial charge in [0.05, 0.1) is 11.1 Å². The fraction of sp³-hybridized carbons (Fsp3) is 0.357. The molecule has 0 aliphatic carbocycles. The fourth-order valence-corrected chi connectivity index (χ4v) is 2.39. The first-order chi connectivity index (χ1) is 9.54. The summed E-state index contributed by atoms with van der Waals surface area (Å²) in [5.74, 6) is 0.719. The summed E-state index contributed by atoms with van der Waals surface area (Å²) >= 11 is 1.69. The highest BCUT2D eigenvalue weighted by atomic mass is 32.2. The zero-order valence-electron chi connectivity index (χ0n) is 11.6. The number of nitrogens with zero attached hydrogens (tertiary/aromatic N) is 2. The molecule has 6 heteroatoms. The van der Waals surface area contributed by atoms with Crippen LogP contribution < -0.4 is 0 Å². The Kier molecular flexibility index (Phi) is 4.44. The predicted molar refractivity (Wildman–Crippen MR) is 78.3 cm³/mol. The van der Waals surface area contributed by atoms with Crippen LogP contribution in [0.1, 0.15) is 27.4 Å². The van der Waals surface area contributed by atoms with Crippen LogP contribution >= 0.6 is 11.8 Å². The van der Waals surface area contributed by atoms with Gasteiger partial charge in [0.25, 0.3) is 0 Å². The maximum Gasteiger partial charge on any atom is 0.336 e. The van der Waals surface area contributed by atoms with Crippen molar-refractivity contribution >= 4 is 17.7 Å². The molecule has 1 heterocycles. The van der Waals surface area contributed by atoms with Crippen LogP contribution in [0, 0.1) is 13.8 Å². The number of aromatic carboxylic acids is 1. The third kappa shape index (κ3) is 2.85. The molecule has 0 atom stereocenters. The highest BCUT2D eigenvalue weighted by molar-refractivity contribution is 7.98. The van der Waals surface area contributed by atoms with Crippen LogP contribution in [0.3, 0.4) is 0 Å². The van der Waals surface area contributed by atoms with E-state index >= 15 is 0 Å². The monoisotopic (exact) mass is 292 g/mol. The molecule has 0 aliphatic heterocycles. The largest absolute Gasteiger partial charge is 0.478 e. The van der Waals surface area contributed by atoms with Gasteiger partial charge in [-0.3, -0.25) is 0 Å². The van der Waals surface area contributed by atoms with Crippen LogP contribution in [0.25, 0.3) is 11.5 Å². The van der Waals surface area contributed by atoms with Gasteiger partial charge in [-0.1, -0.05) is 12.1 Å². The average molecular weight is 292 g/mol. The van der Waals surface area contributed by atoms with Gasteiger partial charge >= 0.3 is 5.97 Å². The maximum absolute atomic E-state index is 11.5. The van der Waals surface area contributed by atoms with Gasteiger partial charge < -0.3 is 9.52 Å². The first-order valence-electron chi connectivity index (χ1n) is 6.19. The number of carboxylic acids is 1. The predicted octanol–water partition coefficient (Wildman–Crippen LogP) is 2.96. The molecule has 106 valence electrons. The van der Waals surface area contributed by atoms with Crippen LogP contribution in [-0.4, -0.2) is 33.3 Å². The van der Waals surface area contributed by atoms with E-state index in [0.717, 1.165) is 11.3 Å². The highest BCUT2D eigenvalue weighted by Crippen LogP contribution is 2.29. The van der Waals surface area contributed by atoms with E-state index in [1.165, 1.54) is 0 Å². The van der Waals surface area contributed by atoms with E-state index in [1.807, 2.05) is 19.2 Å². The second kappa shape index (κ2) is 6.09. The third-order valence-electron chi connectivity index (χ3n) is 3.04. The van der Waals surface area contributed by atoms with Crippen molar-refractivity contribution in [3.8, 4) is 11.5 Å². The standard InChI is InChI=1S/C14H16N2O3S/c1-8-4-5-9(2)12(14(17)18)11(8)13-16-15-10(19-13)6-7-20-3/h4-5H,6-7H2,1-3H3,(H,17,18). The minimum Gasteiger partial charge on any atom is -0.478 e. The number of rotatable bonds is 5. The van der Waals surface area contributed by atoms with E-state index in [0.29, 0.717) is 23.4 Å². The lowest BCUT2D eigenvalue weighted by atomic mass is 9.97. The number of hydrogen-bond donors (Lipinski definition) is 1. The zero-order chi connectivity index (χ0) is 14.7. The van der Waals surface area contributed by atoms with Crippen molar-refractivity contribution in [2.24, 2.45) is 0 Å². The van der Waals surface area contributed by atoms with Crippen LogP contribution in [-0.2, 0) is 6.42 Å². The van der Waals surface area contributed by atoms with Crippen molar-refractivity contribution in [1.82, 2.24) is 10.2 Å². The summed E-state index contributed by atoms with van der Waals surface area (Å²) in [4.78, 5) is 11.5. The SMILES string of the molecule is CSCCc1nnc(-c2c(C)ccc(C)c2C(=O)O)o1. The lowest BCUT2D eigenvalue weighted by Crippen LogP contribution is -2.04. The fourth-order valence-electron chi connectivity index (χ4n) is 2.01. The summed E-state index contributed by atoms with van der Waals surface area (Å²) in [6.45, 7) is 3.60. The molecule has 0 aliphatic rings. The molecule has 0 radical (unpaired) electrons. The Morgan fingerprint density at radius 3 is 2.65 bits per heavy atom. The van der Waals surface area contributed by atoms with Gasteiger partial charge in [0.1, 0.15) is 0 Å². The molecule has 0 unspecified atom stereocenters. The molecule has 0 bridgehead atoms. The van der Waals surface area contributed by atoms with E-state index in [4.69, 9.17) is 4.42 Å². The average Bonchev–Trinajstić information content (AvgIpc) is 2.86. The van der Waals surface area contributed by atoms with Crippen molar-refractivity contribution in [2.75, 3.05) is 12.0 Å². The van der Waals surface area contributed by atoms with E-state index in [-0.39, 0.29) is 11.5 Å². The number of aromatic nitrogens is 2. The summed E-state index contributed by atoms with van der Waals surface area (Å²) in [6, 6.07) is 3.65. The molecular weight excluding hydrogens is 276 g/mol. The second-order valence-corrected chi connectivity index (χ2v) is 5.48. The summed E-state index contributed by atoms with van der Waals surface area (Å²) in [5, 5.41) is 17.4. The van der Waals surface area contributed by atoms with Crippen LogP contribution in [0.5, 0.6) is 0 Å². The van der Waals surface area contributed by atoms with Gasteiger partial charge in [0.2, 0.25) is 11.8 Å². The Bertz CT molecular complexity index is 637. The number of aryl methyl sites for hydroxylation is 3. The summed E-state index contributed by atoms with van der Waals surface area (Å²) in [5.41, 5.74) is 2.24. The number of benzene rings is 1. The Hall–Kier alpha value is -1.82. The summed E-state index contributed by atoms with van der Waals surface area (Å²) in [6.07, 6.45) is 2.69. The van der Waals surface area contributed by atoms with Gasteiger partial charge in [-0.2, -0.15) is 11.8 Å². The Balaban J connectivity index is 2.49. The Morgan fingerprint density at radius 1 is 1.30 bits per heavy atom. The van der Waals surface area contributed by atoms with Gasteiger partial charge in [-0.15, -0.1) is 10.2 Å². The van der Waals surface area contributed by atoms with Crippen molar-refractivity contribution in [2.45, 2.75) is 20.3 Å². The molecule has 2 aromatic rings. The van der Waals surface area contributed by atoms with Crippen molar-refractivity contribution in [1.29, 1.82) is 0 Å². The molecule has 0 amide bonds. The van der Waals surface area contributed by atoms with E-state index in [9.17, 15) is 9.90 Å². The molecule has 2 rings (SSSR count). The number of hydrogen-bond acceptors (Lipinski definition) is 5. The third-order valence-corrected chi connectivity index (χ3v) is 3.65. The van der Waals surface area contributed by atoms with Gasteiger partial charge in [0, 0.05) is 12.2 Å². The van der Waals surface area contributed by atoms with Crippen molar-refractivity contribution in [3.63, 3.8) is 0 Å². The highest BCUT2D eigenvalue weighted by Gasteiger charge is 2.21. The smallest absolute Gasteiger partial charge is 0.336 e. The van der Waals surface area contributed by atoms with Gasteiger partial charge in [0.15, 0.2) is 0 Å².